The number of nitrogens with zero attached hydrogens (tertiary/aromatic N) is 3. The van der Waals surface area contributed by atoms with Crippen LogP contribution in [0, 0.1) is 0 Å². The minimum atomic E-state index is -0.531. The molecule has 0 fully saturated rings. The summed E-state index contributed by atoms with van der Waals surface area (Å²) in [4.78, 5) is 20.1. The van der Waals surface area contributed by atoms with Crippen molar-refractivity contribution in [1.29, 1.82) is 0 Å². The number of fused-ring (bicyclic) bond motifs is 1. The van der Waals surface area contributed by atoms with E-state index < -0.39 is 5.76 Å². The molecule has 0 aliphatic rings. The summed E-state index contributed by atoms with van der Waals surface area (Å²) in [5.74, 6) is 0.0104. The molecule has 8 nitrogen and oxygen atoms in total. The maximum atomic E-state index is 10.8. The predicted molar refractivity (Wildman–Crippen MR) is 72.7 cm³/mol. The van der Waals surface area contributed by atoms with Crippen molar-refractivity contribution in [3.63, 3.8) is 0 Å². The molecule has 0 bridgehead atoms. The highest BCUT2D eigenvalue weighted by Gasteiger charge is 2.06. The molecule has 0 aliphatic heterocycles. The first-order valence-electron chi connectivity index (χ1n) is 6.40. The first-order valence-corrected chi connectivity index (χ1v) is 6.40. The maximum Gasteiger partial charge on any atom is 0.438 e. The van der Waals surface area contributed by atoms with E-state index in [9.17, 15) is 4.79 Å². The van der Waals surface area contributed by atoms with Crippen LogP contribution in [0.25, 0.3) is 10.9 Å². The number of rotatable bonds is 6. The first-order chi connectivity index (χ1) is 10.3. The Kier molecular flexibility index (Phi) is 3.69. The third kappa shape index (κ3) is 2.95. The average Bonchev–Trinajstić information content (AvgIpc) is 3.09. The molecule has 0 radical (unpaired) electrons. The molecule has 0 saturated heterocycles. The Labute approximate surface area is 119 Å². The van der Waals surface area contributed by atoms with Gasteiger partial charge in [0.25, 0.3) is 0 Å². The van der Waals surface area contributed by atoms with E-state index >= 15 is 0 Å². The van der Waals surface area contributed by atoms with E-state index in [1.807, 2.05) is 18.2 Å². The predicted octanol–water partition coefficient (Wildman–Crippen LogP) is 0.530. The van der Waals surface area contributed by atoms with E-state index in [1.54, 1.807) is 13.3 Å². The van der Waals surface area contributed by atoms with Crippen LogP contribution in [-0.4, -0.2) is 34.0 Å². The summed E-state index contributed by atoms with van der Waals surface area (Å²) in [5.41, 5.74) is 1.98. The Balaban J connectivity index is 1.73. The van der Waals surface area contributed by atoms with Gasteiger partial charge in [0.15, 0.2) is 5.82 Å². The molecule has 0 atom stereocenters. The van der Waals surface area contributed by atoms with Crippen molar-refractivity contribution in [1.82, 2.24) is 20.1 Å². The molecular formula is C13H14N4O4. The molecule has 0 saturated carbocycles. The summed E-state index contributed by atoms with van der Waals surface area (Å²) in [6.07, 6.45) is 3.07. The maximum absolute atomic E-state index is 10.8. The molecule has 0 amide bonds. The van der Waals surface area contributed by atoms with Crippen molar-refractivity contribution >= 4 is 10.9 Å². The van der Waals surface area contributed by atoms with Crippen molar-refractivity contribution in [3.05, 3.63) is 46.3 Å². The van der Waals surface area contributed by atoms with Crippen LogP contribution in [0.15, 0.2) is 33.7 Å². The van der Waals surface area contributed by atoms with Crippen molar-refractivity contribution in [2.45, 2.75) is 12.8 Å². The fourth-order valence-corrected chi connectivity index (χ4v) is 2.05. The second-order valence-electron chi connectivity index (χ2n) is 4.49. The van der Waals surface area contributed by atoms with Gasteiger partial charge in [0.1, 0.15) is 5.52 Å². The van der Waals surface area contributed by atoms with Crippen LogP contribution in [0.5, 0.6) is 0 Å². The van der Waals surface area contributed by atoms with Gasteiger partial charge in [0, 0.05) is 18.9 Å². The minimum Gasteiger partial charge on any atom is -0.367 e. The zero-order valence-corrected chi connectivity index (χ0v) is 11.4. The number of nitrogens with one attached hydrogen (secondary N) is 1. The molecule has 2 heterocycles. The fraction of sp³-hybridized carbons (Fsp3) is 0.308. The molecular weight excluding hydrogens is 276 g/mol. The van der Waals surface area contributed by atoms with Crippen LogP contribution in [0.2, 0.25) is 0 Å². The lowest BCUT2D eigenvalue weighted by atomic mass is 10.1. The van der Waals surface area contributed by atoms with E-state index in [2.05, 4.69) is 19.8 Å². The van der Waals surface area contributed by atoms with Crippen LogP contribution in [-0.2, 0) is 17.6 Å². The monoisotopic (exact) mass is 290 g/mol. The summed E-state index contributed by atoms with van der Waals surface area (Å²) >= 11 is 0. The third-order valence-corrected chi connectivity index (χ3v) is 3.03. The van der Waals surface area contributed by atoms with Gasteiger partial charge in [-0.05, 0) is 24.1 Å². The zero-order valence-electron chi connectivity index (χ0n) is 11.4. The second kappa shape index (κ2) is 5.80. The standard InChI is InChI=1S/C13H14N4O4/c1-19-8-20-17-11-4-2-9(6-10(11)7-14-17)3-5-12-15-13(18)21-16-12/h2,4,6-7H,3,5,8H2,1H3,(H,15,16,18). The lowest BCUT2D eigenvalue weighted by molar-refractivity contribution is -0.0464. The number of H-pyrrole nitrogens is 1. The highest BCUT2D eigenvalue weighted by atomic mass is 16.8. The van der Waals surface area contributed by atoms with Gasteiger partial charge < -0.3 is 9.57 Å². The van der Waals surface area contributed by atoms with Gasteiger partial charge in [-0.3, -0.25) is 9.51 Å². The highest BCUT2D eigenvalue weighted by Crippen LogP contribution is 2.16. The Hall–Kier alpha value is -2.61. The lowest BCUT2D eigenvalue weighted by Gasteiger charge is -2.05. The summed E-state index contributed by atoms with van der Waals surface area (Å²) in [7, 11) is 1.55. The SMILES string of the molecule is COCOn1ncc2cc(CCc3noc(=O)[nH]3)ccc21. The van der Waals surface area contributed by atoms with Gasteiger partial charge in [-0.15, -0.1) is 5.10 Å². The van der Waals surface area contributed by atoms with Gasteiger partial charge in [0.05, 0.1) is 6.20 Å². The number of ether oxygens (including phenoxy) is 1. The van der Waals surface area contributed by atoms with E-state index in [0.717, 1.165) is 22.9 Å². The number of aromatic amines is 1. The molecule has 21 heavy (non-hydrogen) atoms. The quantitative estimate of drug-likeness (QED) is 0.665. The highest BCUT2D eigenvalue weighted by molar-refractivity contribution is 5.79. The van der Waals surface area contributed by atoms with E-state index in [0.29, 0.717) is 12.2 Å². The largest absolute Gasteiger partial charge is 0.438 e. The lowest BCUT2D eigenvalue weighted by Crippen LogP contribution is -2.14. The van der Waals surface area contributed by atoms with Gasteiger partial charge >= 0.3 is 5.76 Å². The Bertz CT molecular complexity index is 789. The number of benzene rings is 1. The molecule has 8 heteroatoms. The average molecular weight is 290 g/mol. The molecule has 3 aromatic rings. The van der Waals surface area contributed by atoms with Crippen molar-refractivity contribution in [2.75, 3.05) is 13.9 Å². The van der Waals surface area contributed by atoms with Gasteiger partial charge in [-0.2, -0.15) is 0 Å². The summed E-state index contributed by atoms with van der Waals surface area (Å²) in [5, 5.41) is 8.74. The van der Waals surface area contributed by atoms with E-state index in [-0.39, 0.29) is 6.79 Å². The molecule has 0 spiro atoms. The van der Waals surface area contributed by atoms with Crippen molar-refractivity contribution in [3.8, 4) is 0 Å². The number of hydrogen-bond acceptors (Lipinski definition) is 6. The molecule has 110 valence electrons. The molecule has 3 rings (SSSR count). The Morgan fingerprint density at radius 3 is 3.05 bits per heavy atom. The minimum absolute atomic E-state index is 0.137. The zero-order chi connectivity index (χ0) is 14.7. The van der Waals surface area contributed by atoms with Crippen LogP contribution < -0.4 is 10.6 Å². The number of hydrogen-bond donors (Lipinski definition) is 1. The first kappa shape index (κ1) is 13.4. The molecule has 0 aliphatic carbocycles. The van der Waals surface area contributed by atoms with Crippen LogP contribution in [0.3, 0.4) is 0 Å². The van der Waals surface area contributed by atoms with Crippen molar-refractivity contribution < 1.29 is 14.1 Å². The normalized spacial score (nSPS) is 11.1. The van der Waals surface area contributed by atoms with Gasteiger partial charge in [-0.25, -0.2) is 4.79 Å². The third-order valence-electron chi connectivity index (χ3n) is 3.03. The molecule has 2 aromatic heterocycles. The van der Waals surface area contributed by atoms with Gasteiger partial charge in [-0.1, -0.05) is 16.1 Å². The summed E-state index contributed by atoms with van der Waals surface area (Å²) in [6.45, 7) is 0.137. The summed E-state index contributed by atoms with van der Waals surface area (Å²) in [6, 6.07) is 5.93. The molecule has 1 N–H and O–H groups in total. The number of aromatic nitrogens is 4. The molecule has 0 unspecified atom stereocenters. The fourth-order valence-electron chi connectivity index (χ4n) is 2.05. The van der Waals surface area contributed by atoms with Crippen LogP contribution in [0.1, 0.15) is 11.4 Å². The van der Waals surface area contributed by atoms with E-state index in [1.165, 1.54) is 4.85 Å². The van der Waals surface area contributed by atoms with Gasteiger partial charge in [0.2, 0.25) is 6.79 Å². The van der Waals surface area contributed by atoms with Crippen molar-refractivity contribution in [2.24, 2.45) is 0 Å². The second-order valence-corrected chi connectivity index (χ2v) is 4.49. The molecule has 1 aromatic carbocycles. The summed E-state index contributed by atoms with van der Waals surface area (Å²) < 4.78 is 9.31. The Morgan fingerprint density at radius 2 is 2.29 bits per heavy atom. The smallest absolute Gasteiger partial charge is 0.367 e. The number of aryl methyl sites for hydroxylation is 2. The number of methoxy groups -OCH3 is 1. The Morgan fingerprint density at radius 1 is 1.38 bits per heavy atom. The topological polar surface area (TPSA) is 95.2 Å². The van der Waals surface area contributed by atoms with Crippen LogP contribution in [0.4, 0.5) is 0 Å². The van der Waals surface area contributed by atoms with Crippen LogP contribution >= 0.6 is 0 Å². The van der Waals surface area contributed by atoms with E-state index in [4.69, 9.17) is 9.57 Å².